The van der Waals surface area contributed by atoms with Gasteiger partial charge >= 0.3 is 0 Å². The van der Waals surface area contributed by atoms with Gasteiger partial charge in [0.15, 0.2) is 0 Å². The molecule has 3 N–H and O–H groups in total. The first-order chi connectivity index (χ1) is 9.51. The van der Waals surface area contributed by atoms with Crippen LogP contribution < -0.4 is 11.1 Å². The smallest absolute Gasteiger partial charge is 0.258 e. The molecule has 0 aliphatic rings. The van der Waals surface area contributed by atoms with Crippen LogP contribution in [0.5, 0.6) is 0 Å². The third-order valence-electron chi connectivity index (χ3n) is 2.68. The van der Waals surface area contributed by atoms with Gasteiger partial charge in [-0.05, 0) is 29.8 Å². The van der Waals surface area contributed by atoms with Gasteiger partial charge in [0.2, 0.25) is 0 Å². The van der Waals surface area contributed by atoms with Crippen LogP contribution in [-0.2, 0) is 6.54 Å². The van der Waals surface area contributed by atoms with Crippen molar-refractivity contribution >= 4 is 23.2 Å². The summed E-state index contributed by atoms with van der Waals surface area (Å²) >= 11 is 5.43. The van der Waals surface area contributed by atoms with Crippen molar-refractivity contribution < 1.29 is 13.6 Å². The number of nitrogens with two attached hydrogens (primary N) is 1. The fourth-order valence-corrected chi connectivity index (χ4v) is 1.82. The lowest BCUT2D eigenvalue weighted by molar-refractivity contribution is 0.102. The molecular weight excluding hydrogens is 286 g/mol. The van der Waals surface area contributed by atoms with Crippen LogP contribution in [0.2, 0.25) is 5.02 Å². The van der Waals surface area contributed by atoms with Crippen molar-refractivity contribution in [2.45, 2.75) is 6.54 Å². The van der Waals surface area contributed by atoms with Crippen molar-refractivity contribution in [3.63, 3.8) is 0 Å². The number of carbonyl (C=O) groups is 1. The highest BCUT2D eigenvalue weighted by Crippen LogP contribution is 2.20. The minimum atomic E-state index is -0.885. The van der Waals surface area contributed by atoms with Crippen LogP contribution in [0.1, 0.15) is 15.9 Å². The monoisotopic (exact) mass is 296 g/mol. The average molecular weight is 297 g/mol. The molecule has 0 atom stereocenters. The van der Waals surface area contributed by atoms with E-state index < -0.39 is 23.1 Å². The highest BCUT2D eigenvalue weighted by Gasteiger charge is 2.15. The lowest BCUT2D eigenvalue weighted by Gasteiger charge is -2.08. The van der Waals surface area contributed by atoms with E-state index in [0.717, 1.165) is 17.7 Å². The highest BCUT2D eigenvalue weighted by atomic mass is 35.5. The molecule has 104 valence electrons. The Morgan fingerprint density at radius 2 is 1.95 bits per heavy atom. The van der Waals surface area contributed by atoms with Gasteiger partial charge in [-0.3, -0.25) is 4.79 Å². The van der Waals surface area contributed by atoms with Gasteiger partial charge in [-0.15, -0.1) is 0 Å². The maximum absolute atomic E-state index is 13.6. The van der Waals surface area contributed by atoms with E-state index >= 15 is 0 Å². The number of carbonyl (C=O) groups excluding carboxylic acids is 1. The number of rotatable bonds is 3. The fraction of sp³-hybridized carbons (Fsp3) is 0.0714. The summed E-state index contributed by atoms with van der Waals surface area (Å²) in [6.45, 7) is 0.313. The molecule has 0 saturated carbocycles. The third-order valence-corrected chi connectivity index (χ3v) is 2.96. The van der Waals surface area contributed by atoms with Crippen molar-refractivity contribution in [2.75, 3.05) is 5.32 Å². The molecule has 0 spiro atoms. The molecule has 1 amide bonds. The molecule has 0 fully saturated rings. The standard InChI is InChI=1S/C14H11ClF2N2O/c15-11-6-12(16)10(5-13(11)17)14(20)19-9-3-1-2-8(4-9)7-18/h1-6H,7,18H2,(H,19,20). The number of benzene rings is 2. The molecule has 0 unspecified atom stereocenters. The number of hydrogen-bond donors (Lipinski definition) is 2. The molecular formula is C14H11ClF2N2O. The summed E-state index contributed by atoms with van der Waals surface area (Å²) in [5.74, 6) is -2.50. The van der Waals surface area contributed by atoms with E-state index in [9.17, 15) is 13.6 Å². The molecule has 0 saturated heterocycles. The Bertz CT molecular complexity index is 662. The molecule has 0 heterocycles. The van der Waals surface area contributed by atoms with Gasteiger partial charge in [0.05, 0.1) is 10.6 Å². The van der Waals surface area contributed by atoms with Gasteiger partial charge in [-0.2, -0.15) is 0 Å². The Hall–Kier alpha value is -1.98. The van der Waals surface area contributed by atoms with Gasteiger partial charge in [-0.1, -0.05) is 23.7 Å². The number of anilines is 1. The van der Waals surface area contributed by atoms with E-state index in [2.05, 4.69) is 5.32 Å². The van der Waals surface area contributed by atoms with Gasteiger partial charge in [-0.25, -0.2) is 8.78 Å². The maximum atomic E-state index is 13.6. The maximum Gasteiger partial charge on any atom is 0.258 e. The van der Waals surface area contributed by atoms with Gasteiger partial charge in [0.25, 0.3) is 5.91 Å². The first kappa shape index (κ1) is 14.4. The zero-order chi connectivity index (χ0) is 14.7. The summed E-state index contributed by atoms with van der Waals surface area (Å²) in [5, 5.41) is 2.11. The fourth-order valence-electron chi connectivity index (χ4n) is 1.67. The van der Waals surface area contributed by atoms with Gasteiger partial charge < -0.3 is 11.1 Å². The minimum absolute atomic E-state index is 0.313. The molecule has 0 aliphatic heterocycles. The zero-order valence-electron chi connectivity index (χ0n) is 10.3. The summed E-state index contributed by atoms with van der Waals surface area (Å²) in [7, 11) is 0. The summed E-state index contributed by atoms with van der Waals surface area (Å²) in [5.41, 5.74) is 6.33. The normalized spacial score (nSPS) is 10.4. The number of nitrogens with one attached hydrogen (secondary N) is 1. The average Bonchev–Trinajstić information content (AvgIpc) is 2.43. The molecule has 0 aromatic heterocycles. The van der Waals surface area contributed by atoms with Crippen LogP contribution in [0.4, 0.5) is 14.5 Å². The predicted octanol–water partition coefficient (Wildman–Crippen LogP) is 3.33. The largest absolute Gasteiger partial charge is 0.326 e. The Morgan fingerprint density at radius 1 is 1.20 bits per heavy atom. The first-order valence-corrected chi connectivity index (χ1v) is 6.14. The molecule has 6 heteroatoms. The Kier molecular flexibility index (Phi) is 4.32. The molecule has 3 nitrogen and oxygen atoms in total. The zero-order valence-corrected chi connectivity index (χ0v) is 11.0. The SMILES string of the molecule is NCc1cccc(NC(=O)c2cc(F)c(Cl)cc2F)c1. The molecule has 0 radical (unpaired) electrons. The van der Waals surface area contributed by atoms with E-state index in [4.69, 9.17) is 17.3 Å². The van der Waals surface area contributed by atoms with Crippen LogP contribution in [-0.4, -0.2) is 5.91 Å². The summed E-state index contributed by atoms with van der Waals surface area (Å²) in [4.78, 5) is 11.9. The molecule has 2 rings (SSSR count). The molecule has 0 aliphatic carbocycles. The van der Waals surface area contributed by atoms with Crippen molar-refractivity contribution in [3.05, 3.63) is 64.2 Å². The molecule has 2 aromatic carbocycles. The van der Waals surface area contributed by atoms with Crippen molar-refractivity contribution in [3.8, 4) is 0 Å². The lowest BCUT2D eigenvalue weighted by atomic mass is 10.1. The Labute approximate surface area is 119 Å². The van der Waals surface area contributed by atoms with E-state index in [1.807, 2.05) is 0 Å². The molecule has 0 bridgehead atoms. The number of halogens is 3. The third kappa shape index (κ3) is 3.12. The van der Waals surface area contributed by atoms with Gasteiger partial charge in [0.1, 0.15) is 11.6 Å². The van der Waals surface area contributed by atoms with Crippen molar-refractivity contribution in [1.82, 2.24) is 0 Å². The lowest BCUT2D eigenvalue weighted by Crippen LogP contribution is -2.14. The minimum Gasteiger partial charge on any atom is -0.326 e. The second-order valence-electron chi connectivity index (χ2n) is 4.10. The summed E-state index contributed by atoms with van der Waals surface area (Å²) in [6, 6.07) is 8.31. The quantitative estimate of drug-likeness (QED) is 0.854. The van der Waals surface area contributed by atoms with Crippen LogP contribution in [0, 0.1) is 11.6 Å². The van der Waals surface area contributed by atoms with E-state index in [1.54, 1.807) is 24.3 Å². The van der Waals surface area contributed by atoms with Crippen molar-refractivity contribution in [2.24, 2.45) is 5.73 Å². The van der Waals surface area contributed by atoms with Crippen LogP contribution >= 0.6 is 11.6 Å². The Morgan fingerprint density at radius 3 is 2.65 bits per heavy atom. The van der Waals surface area contributed by atoms with Crippen LogP contribution in [0.15, 0.2) is 36.4 Å². The molecule has 2 aromatic rings. The van der Waals surface area contributed by atoms with Crippen LogP contribution in [0.3, 0.4) is 0 Å². The second kappa shape index (κ2) is 5.98. The number of amides is 1. The van der Waals surface area contributed by atoms with E-state index in [-0.39, 0.29) is 5.02 Å². The van der Waals surface area contributed by atoms with Crippen LogP contribution in [0.25, 0.3) is 0 Å². The predicted molar refractivity (Wildman–Crippen MR) is 73.7 cm³/mol. The number of hydrogen-bond acceptors (Lipinski definition) is 2. The topological polar surface area (TPSA) is 55.1 Å². The highest BCUT2D eigenvalue weighted by molar-refractivity contribution is 6.30. The molecule has 20 heavy (non-hydrogen) atoms. The summed E-state index contributed by atoms with van der Waals surface area (Å²) < 4.78 is 26.9. The summed E-state index contributed by atoms with van der Waals surface area (Å²) in [6.07, 6.45) is 0. The van der Waals surface area contributed by atoms with Crippen molar-refractivity contribution in [1.29, 1.82) is 0 Å². The van der Waals surface area contributed by atoms with Gasteiger partial charge in [0, 0.05) is 12.2 Å². The Balaban J connectivity index is 2.26. The second-order valence-corrected chi connectivity index (χ2v) is 4.51. The van der Waals surface area contributed by atoms with E-state index in [0.29, 0.717) is 12.2 Å². The van der Waals surface area contributed by atoms with E-state index in [1.165, 1.54) is 0 Å². The first-order valence-electron chi connectivity index (χ1n) is 5.76.